The lowest BCUT2D eigenvalue weighted by molar-refractivity contribution is 0.424. The van der Waals surface area contributed by atoms with Gasteiger partial charge in [-0.3, -0.25) is 0 Å². The molecule has 0 N–H and O–H groups in total. The Hall–Kier alpha value is -1.97. The number of hydrogen-bond donors (Lipinski definition) is 0. The number of ether oxygens (including phenoxy) is 1. The largest absolute Gasteiger partial charge is 0.457 e. The minimum absolute atomic E-state index is 0.00120. The van der Waals surface area contributed by atoms with E-state index in [-0.39, 0.29) is 28.9 Å². The van der Waals surface area contributed by atoms with Crippen molar-refractivity contribution >= 4 is 0 Å². The molecular weight excluding hydrogens is 253 g/mol. The summed E-state index contributed by atoms with van der Waals surface area (Å²) in [6.07, 6.45) is 0.00120. The standard InChI is InChI=1S/C15H11F3O/c1-7-3-4-11-9(13(7)16)6-10-12(19-11)5-8(2)14(17)15(10)18/h3-5H,6H2,1-2H3. The Morgan fingerprint density at radius 3 is 2.26 bits per heavy atom. The number of aryl methyl sites for hydroxylation is 2. The van der Waals surface area contributed by atoms with Crippen molar-refractivity contribution in [3.05, 3.63) is 57.9 Å². The minimum Gasteiger partial charge on any atom is -0.457 e. The molecule has 0 aromatic heterocycles. The fourth-order valence-electron chi connectivity index (χ4n) is 2.29. The second kappa shape index (κ2) is 4.02. The van der Waals surface area contributed by atoms with Crippen molar-refractivity contribution in [1.29, 1.82) is 0 Å². The van der Waals surface area contributed by atoms with Crippen LogP contribution in [0.25, 0.3) is 0 Å². The van der Waals surface area contributed by atoms with E-state index in [4.69, 9.17) is 4.74 Å². The smallest absolute Gasteiger partial charge is 0.166 e. The highest BCUT2D eigenvalue weighted by molar-refractivity contribution is 5.53. The summed E-state index contributed by atoms with van der Waals surface area (Å²) < 4.78 is 46.9. The fourth-order valence-corrected chi connectivity index (χ4v) is 2.29. The number of halogens is 3. The van der Waals surface area contributed by atoms with Gasteiger partial charge in [0.05, 0.1) is 0 Å². The monoisotopic (exact) mass is 264 g/mol. The molecule has 0 saturated carbocycles. The summed E-state index contributed by atoms with van der Waals surface area (Å²) >= 11 is 0. The van der Waals surface area contributed by atoms with Gasteiger partial charge in [0.25, 0.3) is 0 Å². The Morgan fingerprint density at radius 2 is 1.53 bits per heavy atom. The van der Waals surface area contributed by atoms with E-state index in [1.807, 2.05) is 0 Å². The van der Waals surface area contributed by atoms with E-state index in [0.29, 0.717) is 11.3 Å². The van der Waals surface area contributed by atoms with Crippen LogP contribution in [0.15, 0.2) is 18.2 Å². The Balaban J connectivity index is 2.20. The molecule has 1 aliphatic heterocycles. The Labute approximate surface area is 108 Å². The number of hydrogen-bond acceptors (Lipinski definition) is 1. The van der Waals surface area contributed by atoms with Gasteiger partial charge in [0.1, 0.15) is 17.3 Å². The van der Waals surface area contributed by atoms with Gasteiger partial charge in [-0.05, 0) is 37.1 Å². The van der Waals surface area contributed by atoms with Crippen LogP contribution in [-0.2, 0) is 6.42 Å². The molecule has 0 amide bonds. The third-order valence-electron chi connectivity index (χ3n) is 3.42. The van der Waals surface area contributed by atoms with Gasteiger partial charge in [0.2, 0.25) is 0 Å². The van der Waals surface area contributed by atoms with Crippen molar-refractivity contribution in [2.75, 3.05) is 0 Å². The summed E-state index contributed by atoms with van der Waals surface area (Å²) in [5.74, 6) is -1.67. The second-order valence-corrected chi connectivity index (χ2v) is 4.75. The summed E-state index contributed by atoms with van der Waals surface area (Å²) in [6, 6.07) is 4.69. The van der Waals surface area contributed by atoms with Crippen LogP contribution >= 0.6 is 0 Å². The Bertz CT molecular complexity index is 693. The van der Waals surface area contributed by atoms with Crippen molar-refractivity contribution < 1.29 is 17.9 Å². The van der Waals surface area contributed by atoms with Crippen molar-refractivity contribution in [1.82, 2.24) is 0 Å². The Kier molecular flexibility index (Phi) is 2.55. The van der Waals surface area contributed by atoms with Crippen LogP contribution in [-0.4, -0.2) is 0 Å². The third kappa shape index (κ3) is 1.70. The van der Waals surface area contributed by atoms with Gasteiger partial charge in [-0.2, -0.15) is 0 Å². The van der Waals surface area contributed by atoms with Gasteiger partial charge in [0.15, 0.2) is 11.6 Å². The van der Waals surface area contributed by atoms with E-state index in [1.165, 1.54) is 13.0 Å². The molecule has 1 heterocycles. The molecule has 0 radical (unpaired) electrons. The topological polar surface area (TPSA) is 9.23 Å². The summed E-state index contributed by atoms with van der Waals surface area (Å²) in [7, 11) is 0. The molecule has 98 valence electrons. The average Bonchev–Trinajstić information content (AvgIpc) is 2.39. The van der Waals surface area contributed by atoms with Gasteiger partial charge in [-0.25, -0.2) is 13.2 Å². The number of fused-ring (bicyclic) bond motifs is 2. The van der Waals surface area contributed by atoms with E-state index in [1.54, 1.807) is 19.1 Å². The molecule has 0 unspecified atom stereocenters. The highest BCUT2D eigenvalue weighted by Gasteiger charge is 2.26. The van der Waals surface area contributed by atoms with Gasteiger partial charge >= 0.3 is 0 Å². The van der Waals surface area contributed by atoms with Crippen LogP contribution in [0.3, 0.4) is 0 Å². The zero-order chi connectivity index (χ0) is 13.7. The number of benzene rings is 2. The molecule has 0 spiro atoms. The molecule has 1 nitrogen and oxygen atoms in total. The molecule has 2 aromatic carbocycles. The zero-order valence-electron chi connectivity index (χ0n) is 10.5. The van der Waals surface area contributed by atoms with Crippen molar-refractivity contribution in [3.63, 3.8) is 0 Å². The van der Waals surface area contributed by atoms with Crippen LogP contribution in [0.4, 0.5) is 13.2 Å². The van der Waals surface area contributed by atoms with E-state index >= 15 is 0 Å². The summed E-state index contributed by atoms with van der Waals surface area (Å²) in [6.45, 7) is 3.09. The normalized spacial score (nSPS) is 12.7. The highest BCUT2D eigenvalue weighted by Crippen LogP contribution is 2.40. The molecular formula is C15H11F3O. The van der Waals surface area contributed by atoms with Crippen molar-refractivity contribution in [2.24, 2.45) is 0 Å². The van der Waals surface area contributed by atoms with Crippen LogP contribution in [0, 0.1) is 31.3 Å². The maximum Gasteiger partial charge on any atom is 0.166 e. The molecule has 19 heavy (non-hydrogen) atoms. The van der Waals surface area contributed by atoms with E-state index in [2.05, 4.69) is 0 Å². The summed E-state index contributed by atoms with van der Waals surface area (Å²) in [4.78, 5) is 0. The first-order chi connectivity index (χ1) is 8.99. The SMILES string of the molecule is Cc1cc2c(c(F)c1F)Cc1c(ccc(C)c1F)O2. The predicted octanol–water partition coefficient (Wildman–Crippen LogP) is 4.42. The average molecular weight is 264 g/mol. The van der Waals surface area contributed by atoms with Gasteiger partial charge in [-0.1, -0.05) is 6.07 Å². The van der Waals surface area contributed by atoms with Crippen LogP contribution < -0.4 is 4.74 Å². The molecule has 0 bridgehead atoms. The predicted molar refractivity (Wildman–Crippen MR) is 65.1 cm³/mol. The lowest BCUT2D eigenvalue weighted by atomic mass is 9.96. The maximum absolute atomic E-state index is 14.0. The van der Waals surface area contributed by atoms with Crippen molar-refractivity contribution in [2.45, 2.75) is 20.3 Å². The second-order valence-electron chi connectivity index (χ2n) is 4.75. The first-order valence-corrected chi connectivity index (χ1v) is 5.92. The molecule has 4 heteroatoms. The molecule has 0 aliphatic carbocycles. The lowest BCUT2D eigenvalue weighted by Crippen LogP contribution is -2.10. The molecule has 1 aliphatic rings. The molecule has 3 rings (SSSR count). The van der Waals surface area contributed by atoms with E-state index in [9.17, 15) is 13.2 Å². The maximum atomic E-state index is 14.0. The molecule has 0 saturated heterocycles. The first kappa shape index (κ1) is 12.1. The molecule has 0 fully saturated rings. The molecule has 2 aromatic rings. The minimum atomic E-state index is -0.957. The van der Waals surface area contributed by atoms with Gasteiger partial charge in [-0.15, -0.1) is 0 Å². The molecule has 0 atom stereocenters. The quantitative estimate of drug-likeness (QED) is 0.584. The fraction of sp³-hybridized carbons (Fsp3) is 0.200. The van der Waals surface area contributed by atoms with E-state index < -0.39 is 17.5 Å². The van der Waals surface area contributed by atoms with Crippen LogP contribution in [0.5, 0.6) is 11.5 Å². The summed E-state index contributed by atoms with van der Waals surface area (Å²) in [5, 5.41) is 0. The van der Waals surface area contributed by atoms with Gasteiger partial charge in [0, 0.05) is 17.5 Å². The van der Waals surface area contributed by atoms with E-state index in [0.717, 1.165) is 0 Å². The number of rotatable bonds is 0. The van der Waals surface area contributed by atoms with Gasteiger partial charge < -0.3 is 4.74 Å². The summed E-state index contributed by atoms with van der Waals surface area (Å²) in [5.41, 5.74) is 0.973. The van der Waals surface area contributed by atoms with Crippen LogP contribution in [0.1, 0.15) is 22.3 Å². The lowest BCUT2D eigenvalue weighted by Gasteiger charge is -2.22. The Morgan fingerprint density at radius 1 is 0.842 bits per heavy atom. The van der Waals surface area contributed by atoms with Crippen molar-refractivity contribution in [3.8, 4) is 11.5 Å². The highest BCUT2D eigenvalue weighted by atomic mass is 19.2. The third-order valence-corrected chi connectivity index (χ3v) is 3.42. The zero-order valence-corrected chi connectivity index (χ0v) is 10.5. The van der Waals surface area contributed by atoms with Crippen LogP contribution in [0.2, 0.25) is 0 Å². The first-order valence-electron chi connectivity index (χ1n) is 5.92.